The Labute approximate surface area is 123 Å². The molecule has 1 heterocycles. The summed E-state index contributed by atoms with van der Waals surface area (Å²) in [7, 11) is 2.12. The van der Waals surface area contributed by atoms with Crippen LogP contribution in [0.3, 0.4) is 0 Å². The zero-order valence-corrected chi connectivity index (χ0v) is 13.1. The highest BCUT2D eigenvalue weighted by Crippen LogP contribution is 2.40. The van der Waals surface area contributed by atoms with Gasteiger partial charge in [-0.15, -0.1) is 0 Å². The lowest BCUT2D eigenvalue weighted by Crippen LogP contribution is -2.49. The van der Waals surface area contributed by atoms with Gasteiger partial charge in [-0.3, -0.25) is 4.90 Å². The Morgan fingerprint density at radius 3 is 2.35 bits per heavy atom. The van der Waals surface area contributed by atoms with Crippen LogP contribution >= 0.6 is 0 Å². The molecule has 1 N–H and O–H groups in total. The summed E-state index contributed by atoms with van der Waals surface area (Å²) < 4.78 is 0. The Kier molecular flexibility index (Phi) is 4.13. The van der Waals surface area contributed by atoms with E-state index >= 15 is 0 Å². The van der Waals surface area contributed by atoms with Crippen LogP contribution < -0.4 is 5.32 Å². The maximum atomic E-state index is 3.60. The molecule has 3 atom stereocenters. The highest BCUT2D eigenvalue weighted by atomic mass is 15.2. The Morgan fingerprint density at radius 1 is 1.05 bits per heavy atom. The fourth-order valence-electron chi connectivity index (χ4n) is 4.14. The van der Waals surface area contributed by atoms with Crippen molar-refractivity contribution in [3.8, 4) is 0 Å². The molecule has 0 aromatic heterocycles. The van der Waals surface area contributed by atoms with Crippen LogP contribution in [-0.4, -0.2) is 31.1 Å². The molecule has 1 saturated heterocycles. The van der Waals surface area contributed by atoms with E-state index < -0.39 is 0 Å². The van der Waals surface area contributed by atoms with Gasteiger partial charge in [0.1, 0.15) is 0 Å². The highest BCUT2D eigenvalue weighted by Gasteiger charge is 2.36. The van der Waals surface area contributed by atoms with Gasteiger partial charge in [0.15, 0.2) is 0 Å². The molecule has 3 rings (SSSR count). The Balaban J connectivity index is 1.86. The maximum Gasteiger partial charge on any atom is 0.0478 e. The molecule has 1 aromatic rings. The van der Waals surface area contributed by atoms with Gasteiger partial charge in [0, 0.05) is 12.1 Å². The fraction of sp³-hybridized carbons (Fsp3) is 0.667. The molecule has 2 aliphatic rings. The van der Waals surface area contributed by atoms with Crippen molar-refractivity contribution >= 4 is 0 Å². The quantitative estimate of drug-likeness (QED) is 0.885. The third-order valence-corrected chi connectivity index (χ3v) is 5.44. The van der Waals surface area contributed by atoms with Gasteiger partial charge in [0.25, 0.3) is 0 Å². The van der Waals surface area contributed by atoms with Crippen LogP contribution in [0.4, 0.5) is 0 Å². The SMILES string of the molecule is CNC1c2ccccc2C(C)CC1N1CCC(C)CC1. The maximum absolute atomic E-state index is 3.60. The number of hydrogen-bond donors (Lipinski definition) is 1. The highest BCUT2D eigenvalue weighted by molar-refractivity contribution is 5.36. The normalized spacial score (nSPS) is 32.0. The number of benzene rings is 1. The summed E-state index contributed by atoms with van der Waals surface area (Å²) in [5.74, 6) is 1.59. The molecule has 1 fully saturated rings. The molecule has 2 nitrogen and oxygen atoms in total. The molecule has 20 heavy (non-hydrogen) atoms. The van der Waals surface area contributed by atoms with Gasteiger partial charge in [0.2, 0.25) is 0 Å². The predicted molar refractivity (Wildman–Crippen MR) is 85.0 cm³/mol. The number of nitrogens with zero attached hydrogens (tertiary/aromatic N) is 1. The summed E-state index contributed by atoms with van der Waals surface area (Å²) in [5.41, 5.74) is 3.07. The Bertz CT molecular complexity index is 448. The van der Waals surface area contributed by atoms with Gasteiger partial charge in [-0.1, -0.05) is 38.1 Å². The summed E-state index contributed by atoms with van der Waals surface area (Å²) in [6.07, 6.45) is 4.02. The van der Waals surface area contributed by atoms with Crippen LogP contribution in [0.2, 0.25) is 0 Å². The van der Waals surface area contributed by atoms with E-state index in [-0.39, 0.29) is 0 Å². The third kappa shape index (κ3) is 2.51. The van der Waals surface area contributed by atoms with Crippen molar-refractivity contribution in [3.63, 3.8) is 0 Å². The predicted octanol–water partition coefficient (Wildman–Crippen LogP) is 3.55. The average Bonchev–Trinajstić information content (AvgIpc) is 2.48. The molecular formula is C18H28N2. The number of likely N-dealkylation sites (N-methyl/N-ethyl adjacent to an activating group) is 1. The second-order valence-electron chi connectivity index (χ2n) is 6.82. The number of piperidine rings is 1. The van der Waals surface area contributed by atoms with Gasteiger partial charge < -0.3 is 5.32 Å². The third-order valence-electron chi connectivity index (χ3n) is 5.44. The molecule has 3 unspecified atom stereocenters. The minimum absolute atomic E-state index is 0.496. The number of nitrogens with one attached hydrogen (secondary N) is 1. The van der Waals surface area contributed by atoms with E-state index in [0.29, 0.717) is 18.0 Å². The van der Waals surface area contributed by atoms with Crippen LogP contribution in [0.25, 0.3) is 0 Å². The zero-order chi connectivity index (χ0) is 14.1. The standard InChI is InChI=1S/C18H28N2/c1-13-8-10-20(11-9-13)17-12-14(2)15-6-4-5-7-16(15)18(17)19-3/h4-7,13-14,17-19H,8-12H2,1-3H3. The monoisotopic (exact) mass is 272 g/mol. The van der Waals surface area contributed by atoms with Crippen molar-refractivity contribution in [1.29, 1.82) is 0 Å². The van der Waals surface area contributed by atoms with E-state index in [1.54, 1.807) is 5.56 Å². The summed E-state index contributed by atoms with van der Waals surface area (Å²) in [6.45, 7) is 7.34. The molecule has 2 heteroatoms. The zero-order valence-electron chi connectivity index (χ0n) is 13.1. The van der Waals surface area contributed by atoms with E-state index in [9.17, 15) is 0 Å². The first-order valence-electron chi connectivity index (χ1n) is 8.21. The van der Waals surface area contributed by atoms with Crippen LogP contribution in [0.15, 0.2) is 24.3 Å². The Morgan fingerprint density at radius 2 is 1.70 bits per heavy atom. The van der Waals surface area contributed by atoms with Crippen molar-refractivity contribution < 1.29 is 0 Å². The van der Waals surface area contributed by atoms with Gasteiger partial charge in [-0.2, -0.15) is 0 Å². The molecule has 1 aliphatic heterocycles. The van der Waals surface area contributed by atoms with Crippen molar-refractivity contribution in [1.82, 2.24) is 10.2 Å². The molecule has 1 aliphatic carbocycles. The van der Waals surface area contributed by atoms with Gasteiger partial charge in [0.05, 0.1) is 0 Å². The van der Waals surface area contributed by atoms with E-state index in [4.69, 9.17) is 0 Å². The van der Waals surface area contributed by atoms with Crippen LogP contribution in [-0.2, 0) is 0 Å². The van der Waals surface area contributed by atoms with Crippen LogP contribution in [0, 0.1) is 5.92 Å². The lowest BCUT2D eigenvalue weighted by atomic mass is 9.77. The second-order valence-corrected chi connectivity index (χ2v) is 6.82. The van der Waals surface area contributed by atoms with Crippen molar-refractivity contribution in [2.75, 3.05) is 20.1 Å². The molecule has 0 saturated carbocycles. The van der Waals surface area contributed by atoms with Gasteiger partial charge in [-0.25, -0.2) is 0 Å². The average molecular weight is 272 g/mol. The molecule has 0 bridgehead atoms. The number of fused-ring (bicyclic) bond motifs is 1. The summed E-state index contributed by atoms with van der Waals surface area (Å²) in [4.78, 5) is 2.74. The minimum atomic E-state index is 0.496. The lowest BCUT2D eigenvalue weighted by molar-refractivity contribution is 0.0959. The molecule has 1 aromatic carbocycles. The van der Waals surface area contributed by atoms with E-state index in [2.05, 4.69) is 55.4 Å². The number of hydrogen-bond acceptors (Lipinski definition) is 2. The second kappa shape index (κ2) is 5.87. The molecule has 0 radical (unpaired) electrons. The van der Waals surface area contributed by atoms with Crippen molar-refractivity contribution in [3.05, 3.63) is 35.4 Å². The lowest BCUT2D eigenvalue weighted by Gasteiger charge is -2.45. The minimum Gasteiger partial charge on any atom is -0.312 e. The first-order valence-corrected chi connectivity index (χ1v) is 8.21. The molecular weight excluding hydrogens is 244 g/mol. The Hall–Kier alpha value is -0.860. The summed E-state index contributed by atoms with van der Waals surface area (Å²) >= 11 is 0. The summed E-state index contributed by atoms with van der Waals surface area (Å²) in [6, 6.07) is 10.2. The molecule has 0 amide bonds. The van der Waals surface area contributed by atoms with Crippen molar-refractivity contribution in [2.45, 2.75) is 51.1 Å². The van der Waals surface area contributed by atoms with Gasteiger partial charge >= 0.3 is 0 Å². The van der Waals surface area contributed by atoms with Gasteiger partial charge in [-0.05, 0) is 62.4 Å². The van der Waals surface area contributed by atoms with Crippen LogP contribution in [0.5, 0.6) is 0 Å². The smallest absolute Gasteiger partial charge is 0.0478 e. The molecule has 110 valence electrons. The fourth-order valence-corrected chi connectivity index (χ4v) is 4.14. The largest absolute Gasteiger partial charge is 0.312 e. The summed E-state index contributed by atoms with van der Waals surface area (Å²) in [5, 5.41) is 3.60. The number of likely N-dealkylation sites (tertiary alicyclic amines) is 1. The van der Waals surface area contributed by atoms with E-state index in [1.807, 2.05) is 0 Å². The first kappa shape index (κ1) is 14.1. The van der Waals surface area contributed by atoms with Crippen LogP contribution in [0.1, 0.15) is 56.2 Å². The van der Waals surface area contributed by atoms with Crippen molar-refractivity contribution in [2.24, 2.45) is 5.92 Å². The first-order chi connectivity index (χ1) is 9.70. The topological polar surface area (TPSA) is 15.3 Å². The van der Waals surface area contributed by atoms with E-state index in [0.717, 1.165) is 5.92 Å². The van der Waals surface area contributed by atoms with E-state index in [1.165, 1.54) is 37.9 Å². The molecule has 0 spiro atoms. The number of rotatable bonds is 2.